The van der Waals surface area contributed by atoms with Crippen molar-refractivity contribution in [3.05, 3.63) is 48.7 Å². The van der Waals surface area contributed by atoms with Crippen molar-refractivity contribution in [2.45, 2.75) is 45.6 Å². The Labute approximate surface area is 214 Å². The van der Waals surface area contributed by atoms with E-state index in [1.54, 1.807) is 13.3 Å². The van der Waals surface area contributed by atoms with Gasteiger partial charge in [0.2, 0.25) is 0 Å². The van der Waals surface area contributed by atoms with Crippen LogP contribution in [-0.2, 0) is 4.74 Å². The van der Waals surface area contributed by atoms with Gasteiger partial charge in [-0.3, -0.25) is 4.90 Å². The molecular formula is C29H38N2O5. The molecule has 2 aromatic carbocycles. The Morgan fingerprint density at radius 3 is 2.42 bits per heavy atom. The summed E-state index contributed by atoms with van der Waals surface area (Å²) in [6.07, 6.45) is 6.38. The monoisotopic (exact) mass is 494 g/mol. The van der Waals surface area contributed by atoms with E-state index >= 15 is 0 Å². The van der Waals surface area contributed by atoms with Gasteiger partial charge in [0.25, 0.3) is 0 Å². The molecule has 7 heteroatoms. The summed E-state index contributed by atoms with van der Waals surface area (Å²) in [5.74, 6) is 3.01. The van der Waals surface area contributed by atoms with Crippen molar-refractivity contribution in [2.75, 3.05) is 46.6 Å². The molecule has 0 amide bonds. The standard InChI is InChI=1S/C29H38N2O5/c1-22(2)35-25-12-13-26(29-27(21-30-36-29)23-8-10-24(32-3)11-9-23)28(20-25)34-17-7-5-4-6-14-31-15-18-33-19-16-31/h8-13,20-22H,4-7,14-19H2,1-3H3. The molecule has 1 aromatic heterocycles. The number of unbranched alkanes of at least 4 members (excludes halogenated alkanes) is 3. The molecule has 36 heavy (non-hydrogen) atoms. The zero-order chi connectivity index (χ0) is 25.2. The molecule has 0 N–H and O–H groups in total. The molecule has 1 fully saturated rings. The van der Waals surface area contributed by atoms with Crippen LogP contribution < -0.4 is 14.2 Å². The fourth-order valence-electron chi connectivity index (χ4n) is 4.36. The fourth-order valence-corrected chi connectivity index (χ4v) is 4.36. The van der Waals surface area contributed by atoms with E-state index in [0.717, 1.165) is 79.6 Å². The Morgan fingerprint density at radius 2 is 1.67 bits per heavy atom. The number of hydrogen-bond donors (Lipinski definition) is 0. The number of ether oxygens (including phenoxy) is 4. The Hall–Kier alpha value is -3.03. The lowest BCUT2D eigenvalue weighted by atomic mass is 10.0. The Bertz CT molecular complexity index is 1060. The Balaban J connectivity index is 1.40. The molecule has 0 bridgehead atoms. The van der Waals surface area contributed by atoms with Gasteiger partial charge in [-0.2, -0.15) is 0 Å². The molecule has 0 unspecified atom stereocenters. The van der Waals surface area contributed by atoms with E-state index < -0.39 is 0 Å². The first-order chi connectivity index (χ1) is 17.6. The highest BCUT2D eigenvalue weighted by atomic mass is 16.5. The average molecular weight is 495 g/mol. The molecule has 1 aliphatic heterocycles. The molecule has 3 aromatic rings. The minimum Gasteiger partial charge on any atom is -0.497 e. The van der Waals surface area contributed by atoms with E-state index in [2.05, 4.69) is 10.1 Å². The number of nitrogens with zero attached hydrogens (tertiary/aromatic N) is 2. The summed E-state index contributed by atoms with van der Waals surface area (Å²) in [6, 6.07) is 13.8. The van der Waals surface area contributed by atoms with Crippen molar-refractivity contribution in [2.24, 2.45) is 0 Å². The maximum absolute atomic E-state index is 6.29. The first-order valence-corrected chi connectivity index (χ1v) is 13.0. The van der Waals surface area contributed by atoms with Crippen LogP contribution in [0.5, 0.6) is 17.2 Å². The first-order valence-electron chi connectivity index (χ1n) is 13.0. The minimum atomic E-state index is 0.0790. The molecule has 0 aliphatic carbocycles. The highest BCUT2D eigenvalue weighted by molar-refractivity contribution is 5.82. The maximum Gasteiger partial charge on any atom is 0.178 e. The van der Waals surface area contributed by atoms with Crippen molar-refractivity contribution < 1.29 is 23.5 Å². The van der Waals surface area contributed by atoms with Crippen molar-refractivity contribution in [3.63, 3.8) is 0 Å². The molecule has 7 nitrogen and oxygen atoms in total. The van der Waals surface area contributed by atoms with E-state index in [1.807, 2.05) is 56.3 Å². The Morgan fingerprint density at radius 1 is 0.917 bits per heavy atom. The van der Waals surface area contributed by atoms with E-state index in [1.165, 1.54) is 12.8 Å². The zero-order valence-electron chi connectivity index (χ0n) is 21.7. The fraction of sp³-hybridized carbons (Fsp3) is 0.483. The number of rotatable bonds is 13. The highest BCUT2D eigenvalue weighted by Gasteiger charge is 2.19. The normalized spacial score (nSPS) is 14.2. The largest absolute Gasteiger partial charge is 0.497 e. The molecule has 0 atom stereocenters. The molecule has 1 aliphatic rings. The zero-order valence-corrected chi connectivity index (χ0v) is 21.7. The topological polar surface area (TPSA) is 66.2 Å². The molecule has 0 saturated carbocycles. The van der Waals surface area contributed by atoms with Gasteiger partial charge in [0, 0.05) is 24.7 Å². The second kappa shape index (κ2) is 13.3. The molecule has 4 rings (SSSR count). The second-order valence-corrected chi connectivity index (χ2v) is 9.34. The van der Waals surface area contributed by atoms with Gasteiger partial charge < -0.3 is 23.5 Å². The quantitative estimate of drug-likeness (QED) is 0.267. The van der Waals surface area contributed by atoms with Crippen LogP contribution >= 0.6 is 0 Å². The molecule has 194 valence electrons. The first kappa shape index (κ1) is 26.0. The second-order valence-electron chi connectivity index (χ2n) is 9.34. The van der Waals surface area contributed by atoms with Gasteiger partial charge in [-0.25, -0.2) is 0 Å². The summed E-state index contributed by atoms with van der Waals surface area (Å²) in [5.41, 5.74) is 2.77. The number of aromatic nitrogens is 1. The number of morpholine rings is 1. The summed E-state index contributed by atoms with van der Waals surface area (Å²) >= 11 is 0. The van der Waals surface area contributed by atoms with Crippen molar-refractivity contribution >= 4 is 0 Å². The van der Waals surface area contributed by atoms with E-state index in [4.69, 9.17) is 23.5 Å². The van der Waals surface area contributed by atoms with E-state index in [-0.39, 0.29) is 6.10 Å². The van der Waals surface area contributed by atoms with Crippen LogP contribution in [0.3, 0.4) is 0 Å². The van der Waals surface area contributed by atoms with Crippen LogP contribution in [0.15, 0.2) is 53.2 Å². The number of benzene rings is 2. The lowest BCUT2D eigenvalue weighted by molar-refractivity contribution is 0.0371. The lowest BCUT2D eigenvalue weighted by Crippen LogP contribution is -2.36. The van der Waals surface area contributed by atoms with Crippen molar-refractivity contribution in [3.8, 4) is 39.7 Å². The molecular weight excluding hydrogens is 456 g/mol. The van der Waals surface area contributed by atoms with Gasteiger partial charge in [-0.05, 0) is 63.1 Å². The van der Waals surface area contributed by atoms with Gasteiger partial charge in [-0.15, -0.1) is 0 Å². The highest BCUT2D eigenvalue weighted by Crippen LogP contribution is 2.39. The van der Waals surface area contributed by atoms with Gasteiger partial charge >= 0.3 is 0 Å². The Kier molecular flexibility index (Phi) is 9.64. The van der Waals surface area contributed by atoms with Crippen LogP contribution in [0.2, 0.25) is 0 Å². The van der Waals surface area contributed by atoms with Crippen LogP contribution in [0.25, 0.3) is 22.5 Å². The molecule has 0 radical (unpaired) electrons. The summed E-state index contributed by atoms with van der Waals surface area (Å²) < 4.78 is 28.7. The summed E-state index contributed by atoms with van der Waals surface area (Å²) in [7, 11) is 1.66. The third-order valence-electron chi connectivity index (χ3n) is 6.27. The summed E-state index contributed by atoms with van der Waals surface area (Å²) in [4.78, 5) is 2.49. The lowest BCUT2D eigenvalue weighted by Gasteiger charge is -2.26. The maximum atomic E-state index is 6.29. The molecule has 2 heterocycles. The third kappa shape index (κ3) is 7.24. The molecule has 1 saturated heterocycles. The summed E-state index contributed by atoms with van der Waals surface area (Å²) in [5, 5.41) is 4.09. The predicted molar refractivity (Wildman–Crippen MR) is 141 cm³/mol. The van der Waals surface area contributed by atoms with Gasteiger partial charge in [0.05, 0.1) is 44.8 Å². The average Bonchev–Trinajstić information content (AvgIpc) is 3.38. The third-order valence-corrected chi connectivity index (χ3v) is 6.27. The SMILES string of the molecule is COc1ccc(-c2cnoc2-c2ccc(OC(C)C)cc2OCCCCCCN2CCOCC2)cc1. The van der Waals surface area contributed by atoms with Gasteiger partial charge in [0.15, 0.2) is 5.76 Å². The van der Waals surface area contributed by atoms with Crippen LogP contribution in [0.4, 0.5) is 0 Å². The summed E-state index contributed by atoms with van der Waals surface area (Å²) in [6.45, 7) is 9.67. The number of methoxy groups -OCH3 is 1. The predicted octanol–water partition coefficient (Wildman–Crippen LogP) is 6.08. The van der Waals surface area contributed by atoms with Gasteiger partial charge in [0.1, 0.15) is 17.2 Å². The van der Waals surface area contributed by atoms with Crippen molar-refractivity contribution in [1.82, 2.24) is 10.1 Å². The van der Waals surface area contributed by atoms with Crippen LogP contribution in [0, 0.1) is 0 Å². The number of hydrogen-bond acceptors (Lipinski definition) is 7. The van der Waals surface area contributed by atoms with Crippen LogP contribution in [-0.4, -0.2) is 62.7 Å². The smallest absolute Gasteiger partial charge is 0.178 e. The van der Waals surface area contributed by atoms with Crippen LogP contribution in [0.1, 0.15) is 39.5 Å². The minimum absolute atomic E-state index is 0.0790. The van der Waals surface area contributed by atoms with E-state index in [9.17, 15) is 0 Å². The van der Waals surface area contributed by atoms with Crippen molar-refractivity contribution in [1.29, 1.82) is 0 Å². The van der Waals surface area contributed by atoms with E-state index in [0.29, 0.717) is 12.4 Å². The van der Waals surface area contributed by atoms with Gasteiger partial charge in [-0.1, -0.05) is 30.1 Å². The molecule has 0 spiro atoms.